The van der Waals surface area contributed by atoms with Gasteiger partial charge in [-0.3, -0.25) is 14.2 Å². The maximum atomic E-state index is 14.0. The monoisotopic (exact) mass is 816 g/mol. The maximum Gasteiger partial charge on any atom is 0.340 e. The molecule has 1 aliphatic heterocycles. The van der Waals surface area contributed by atoms with Crippen LogP contribution in [-0.2, 0) is 18.9 Å². The third-order valence-corrected chi connectivity index (χ3v) is 8.89. The molecule has 1 saturated heterocycles. The number of hydrogen-bond acceptors (Lipinski definition) is 10. The SMILES string of the molecule is O=C(OC[C@@H]1O[C@H](n2ccc(=O)n(C(=O)c3ccc(Br)cc3)c2=O)[C@@H](OC(=O)c2ccccc2)[C@H]1OC(=O)c1ccccc1)c1ccc(Br)cc1. The van der Waals surface area contributed by atoms with E-state index in [1.165, 1.54) is 48.5 Å². The first-order valence-electron chi connectivity index (χ1n) is 15.4. The molecule has 12 nitrogen and oxygen atoms in total. The second-order valence-corrected chi connectivity index (χ2v) is 13.0. The molecule has 0 unspecified atom stereocenters. The Labute approximate surface area is 306 Å². The number of hydrogen-bond donors (Lipinski definition) is 0. The van der Waals surface area contributed by atoms with Crippen LogP contribution in [0.25, 0.3) is 0 Å². The lowest BCUT2D eigenvalue weighted by Crippen LogP contribution is -2.47. The summed E-state index contributed by atoms with van der Waals surface area (Å²) in [6.45, 7) is -0.510. The summed E-state index contributed by atoms with van der Waals surface area (Å²) in [6, 6.07) is 29.3. The maximum absolute atomic E-state index is 14.0. The first kappa shape index (κ1) is 35.4. The van der Waals surface area contributed by atoms with Crippen molar-refractivity contribution in [2.45, 2.75) is 24.5 Å². The van der Waals surface area contributed by atoms with E-state index in [1.807, 2.05) is 0 Å². The number of carbonyl (C=O) groups is 4. The van der Waals surface area contributed by atoms with Crippen LogP contribution in [0.4, 0.5) is 0 Å². The molecule has 6 rings (SSSR count). The highest BCUT2D eigenvalue weighted by atomic mass is 79.9. The first-order chi connectivity index (χ1) is 24.6. The van der Waals surface area contributed by atoms with Crippen molar-refractivity contribution in [3.8, 4) is 0 Å². The molecule has 5 aromatic rings. The summed E-state index contributed by atoms with van der Waals surface area (Å²) in [5.74, 6) is -3.33. The molecule has 0 saturated carbocycles. The Morgan fingerprint density at radius 1 is 0.608 bits per heavy atom. The van der Waals surface area contributed by atoms with Crippen LogP contribution in [-0.4, -0.2) is 57.9 Å². The Bertz CT molecular complexity index is 2190. The van der Waals surface area contributed by atoms with Crippen LogP contribution < -0.4 is 11.2 Å². The Kier molecular flexibility index (Phi) is 10.8. The largest absolute Gasteiger partial charge is 0.459 e. The van der Waals surface area contributed by atoms with Crippen LogP contribution in [0.5, 0.6) is 0 Å². The van der Waals surface area contributed by atoms with Gasteiger partial charge in [-0.05, 0) is 72.8 Å². The highest BCUT2D eigenvalue weighted by Gasteiger charge is 2.52. The molecule has 0 bridgehead atoms. The van der Waals surface area contributed by atoms with Crippen molar-refractivity contribution >= 4 is 55.7 Å². The molecule has 1 aliphatic rings. The van der Waals surface area contributed by atoms with E-state index in [9.17, 15) is 28.8 Å². The fourth-order valence-corrected chi connectivity index (χ4v) is 5.82. The van der Waals surface area contributed by atoms with Crippen LogP contribution in [0.15, 0.2) is 140 Å². The number of carbonyl (C=O) groups excluding carboxylic acids is 4. The average Bonchev–Trinajstić information content (AvgIpc) is 3.47. The molecule has 258 valence electrons. The molecule has 4 atom stereocenters. The molecule has 51 heavy (non-hydrogen) atoms. The smallest absolute Gasteiger partial charge is 0.340 e. The van der Waals surface area contributed by atoms with Crippen LogP contribution in [0, 0.1) is 0 Å². The van der Waals surface area contributed by atoms with Gasteiger partial charge in [-0.15, -0.1) is 0 Å². The van der Waals surface area contributed by atoms with Crippen LogP contribution in [0.1, 0.15) is 47.7 Å². The Morgan fingerprint density at radius 2 is 1.10 bits per heavy atom. The number of benzene rings is 4. The molecule has 4 aromatic carbocycles. The number of esters is 3. The molecule has 1 aromatic heterocycles. The number of halogens is 2. The molecule has 14 heteroatoms. The zero-order chi connectivity index (χ0) is 36.1. The minimum absolute atomic E-state index is 0.0435. The lowest BCUT2D eigenvalue weighted by molar-refractivity contribution is -0.0643. The Morgan fingerprint density at radius 3 is 1.65 bits per heavy atom. The zero-order valence-electron chi connectivity index (χ0n) is 26.3. The zero-order valence-corrected chi connectivity index (χ0v) is 29.5. The Balaban J connectivity index is 1.41. The van der Waals surface area contributed by atoms with E-state index in [2.05, 4.69) is 31.9 Å². The van der Waals surface area contributed by atoms with E-state index in [0.29, 0.717) is 9.04 Å². The second kappa shape index (κ2) is 15.6. The second-order valence-electron chi connectivity index (χ2n) is 11.1. The van der Waals surface area contributed by atoms with Gasteiger partial charge in [0.25, 0.3) is 11.5 Å². The van der Waals surface area contributed by atoms with Gasteiger partial charge in [-0.2, -0.15) is 4.57 Å². The van der Waals surface area contributed by atoms with Gasteiger partial charge in [0.05, 0.1) is 16.7 Å². The number of aromatic nitrogens is 2. The van der Waals surface area contributed by atoms with Gasteiger partial charge >= 0.3 is 23.6 Å². The highest BCUT2D eigenvalue weighted by molar-refractivity contribution is 9.10. The Hall–Kier alpha value is -5.44. The normalized spacial score (nSPS) is 18.1. The van der Waals surface area contributed by atoms with Gasteiger partial charge < -0.3 is 18.9 Å². The number of rotatable bonds is 9. The van der Waals surface area contributed by atoms with E-state index >= 15 is 0 Å². The van der Waals surface area contributed by atoms with Gasteiger partial charge in [0, 0.05) is 26.8 Å². The standard InChI is InChI=1S/C37H26Br2N2O10/c38-26-15-11-22(12-16-26)32(43)41-29(42)19-20-40(37(41)47)33-31(51-36(46)24-9-5-2-6-10-24)30(50-35(45)23-7-3-1-4-8-23)28(49-33)21-48-34(44)25-13-17-27(39)18-14-25/h1-20,28,30-31,33H,21H2/t28-,30-,31-,33-/m0/s1. The predicted molar refractivity (Wildman–Crippen MR) is 188 cm³/mol. The molecule has 0 amide bonds. The van der Waals surface area contributed by atoms with Crippen LogP contribution in [0.3, 0.4) is 0 Å². The van der Waals surface area contributed by atoms with E-state index in [0.717, 1.165) is 21.3 Å². The average molecular weight is 818 g/mol. The summed E-state index contributed by atoms with van der Waals surface area (Å²) in [7, 11) is 0. The van der Waals surface area contributed by atoms with E-state index < -0.39 is 66.2 Å². The van der Waals surface area contributed by atoms with Gasteiger partial charge in [0.1, 0.15) is 12.7 Å². The minimum Gasteiger partial charge on any atom is -0.459 e. The van der Waals surface area contributed by atoms with Gasteiger partial charge in [0.2, 0.25) is 0 Å². The molecule has 0 radical (unpaired) electrons. The number of ether oxygens (including phenoxy) is 4. The molecular weight excluding hydrogens is 792 g/mol. The first-order valence-corrected chi connectivity index (χ1v) is 16.9. The molecule has 1 fully saturated rings. The van der Waals surface area contributed by atoms with Crippen LogP contribution in [0.2, 0.25) is 0 Å². The summed E-state index contributed by atoms with van der Waals surface area (Å²) in [5.41, 5.74) is -1.49. The molecule has 0 aliphatic carbocycles. The predicted octanol–water partition coefficient (Wildman–Crippen LogP) is 5.43. The topological polar surface area (TPSA) is 149 Å². The van der Waals surface area contributed by atoms with E-state index in [4.69, 9.17) is 18.9 Å². The van der Waals surface area contributed by atoms with E-state index in [1.54, 1.807) is 60.7 Å². The lowest BCUT2D eigenvalue weighted by Gasteiger charge is -2.25. The molecule has 0 N–H and O–H groups in total. The summed E-state index contributed by atoms with van der Waals surface area (Å²) < 4.78 is 26.3. The number of nitrogens with zero attached hydrogens (tertiary/aromatic N) is 2. The molecular formula is C37H26Br2N2O10. The van der Waals surface area contributed by atoms with E-state index in [-0.39, 0.29) is 22.3 Å². The van der Waals surface area contributed by atoms with Crippen molar-refractivity contribution in [3.05, 3.63) is 173 Å². The summed E-state index contributed by atoms with van der Waals surface area (Å²) >= 11 is 6.60. The summed E-state index contributed by atoms with van der Waals surface area (Å²) in [6.07, 6.45) is -4.79. The third-order valence-electron chi connectivity index (χ3n) is 7.83. The van der Waals surface area contributed by atoms with Crippen LogP contribution >= 0.6 is 31.9 Å². The van der Waals surface area contributed by atoms with Crippen molar-refractivity contribution in [1.29, 1.82) is 0 Å². The molecule has 2 heterocycles. The van der Waals surface area contributed by atoms with Crippen molar-refractivity contribution < 1.29 is 38.1 Å². The van der Waals surface area contributed by atoms with Crippen molar-refractivity contribution in [2.75, 3.05) is 6.61 Å². The summed E-state index contributed by atoms with van der Waals surface area (Å²) in [5, 5.41) is 0. The molecule has 0 spiro atoms. The fraction of sp³-hybridized carbons (Fsp3) is 0.135. The highest BCUT2D eigenvalue weighted by Crippen LogP contribution is 2.35. The quantitative estimate of drug-likeness (QED) is 0.139. The van der Waals surface area contributed by atoms with Gasteiger partial charge in [-0.25, -0.2) is 19.2 Å². The van der Waals surface area contributed by atoms with Gasteiger partial charge in [-0.1, -0.05) is 68.3 Å². The lowest BCUT2D eigenvalue weighted by atomic mass is 10.1. The van der Waals surface area contributed by atoms with Crippen molar-refractivity contribution in [2.24, 2.45) is 0 Å². The van der Waals surface area contributed by atoms with Gasteiger partial charge in [0.15, 0.2) is 18.4 Å². The third kappa shape index (κ3) is 7.98. The minimum atomic E-state index is -1.57. The summed E-state index contributed by atoms with van der Waals surface area (Å²) in [4.78, 5) is 80.3. The van der Waals surface area contributed by atoms with Crippen molar-refractivity contribution in [3.63, 3.8) is 0 Å². The van der Waals surface area contributed by atoms with Crippen molar-refractivity contribution in [1.82, 2.24) is 9.13 Å². The fourth-order valence-electron chi connectivity index (χ4n) is 5.29.